The predicted molar refractivity (Wildman–Crippen MR) is 116 cm³/mol. The zero-order chi connectivity index (χ0) is 21.3. The van der Waals surface area contributed by atoms with Crippen LogP contribution in [0.2, 0.25) is 0 Å². The van der Waals surface area contributed by atoms with E-state index in [1.807, 2.05) is 31.2 Å². The minimum Gasteiger partial charge on any atom is -0.351 e. The fraction of sp³-hybridized carbons (Fsp3) is 0.364. The zero-order valence-electron chi connectivity index (χ0n) is 16.8. The van der Waals surface area contributed by atoms with Crippen LogP contribution < -0.4 is 14.9 Å². The van der Waals surface area contributed by atoms with Crippen LogP contribution in [-0.2, 0) is 21.2 Å². The van der Waals surface area contributed by atoms with Crippen molar-refractivity contribution in [2.24, 2.45) is 11.8 Å². The third-order valence-corrected chi connectivity index (χ3v) is 7.46. The van der Waals surface area contributed by atoms with Crippen molar-refractivity contribution in [2.45, 2.75) is 19.8 Å². The number of carbonyl (C=O) groups is 2. The van der Waals surface area contributed by atoms with Gasteiger partial charge in [-0.05, 0) is 54.7 Å². The summed E-state index contributed by atoms with van der Waals surface area (Å²) in [5, 5.41) is 5.51. The smallest absolute Gasteiger partial charge is 0.251 e. The molecule has 2 unspecified atom stereocenters. The van der Waals surface area contributed by atoms with Gasteiger partial charge in [0.2, 0.25) is 15.9 Å². The van der Waals surface area contributed by atoms with Gasteiger partial charge in [-0.2, -0.15) is 0 Å². The molecule has 7 nitrogen and oxygen atoms in total. The first kappa shape index (κ1) is 20.4. The number of sulfonamides is 1. The molecule has 0 spiro atoms. The number of fused-ring (bicyclic) bond motifs is 1. The first-order valence-corrected chi connectivity index (χ1v) is 11.7. The number of amides is 2. The normalized spacial score (nSPS) is 19.8. The number of hydrogen-bond acceptors (Lipinski definition) is 4. The van der Waals surface area contributed by atoms with Crippen LogP contribution in [-0.4, -0.2) is 39.1 Å². The van der Waals surface area contributed by atoms with Crippen molar-refractivity contribution >= 4 is 33.2 Å². The summed E-state index contributed by atoms with van der Waals surface area (Å²) in [6.07, 6.45) is 1.61. The largest absolute Gasteiger partial charge is 0.351 e. The van der Waals surface area contributed by atoms with E-state index >= 15 is 0 Å². The maximum absolute atomic E-state index is 12.7. The van der Waals surface area contributed by atoms with Gasteiger partial charge in [-0.25, -0.2) is 8.42 Å². The lowest BCUT2D eigenvalue weighted by Crippen LogP contribution is -2.37. The number of hydrogen-bond donors (Lipinski definition) is 2. The Labute approximate surface area is 176 Å². The average Bonchev–Trinajstić information content (AvgIpc) is 3.30. The Morgan fingerprint density at radius 3 is 2.50 bits per heavy atom. The van der Waals surface area contributed by atoms with E-state index in [1.165, 1.54) is 4.31 Å². The molecule has 2 amide bonds. The molecule has 0 radical (unpaired) electrons. The fourth-order valence-corrected chi connectivity index (χ4v) is 5.16. The second-order valence-electron chi connectivity index (χ2n) is 7.91. The molecule has 158 valence electrons. The summed E-state index contributed by atoms with van der Waals surface area (Å²) in [5.74, 6) is 0.00724. The molecule has 0 saturated heterocycles. The molecule has 0 bridgehead atoms. The van der Waals surface area contributed by atoms with Crippen molar-refractivity contribution in [3.05, 3.63) is 59.7 Å². The minimum absolute atomic E-state index is 0.00777. The number of nitrogens with one attached hydrogen (secondary N) is 2. The number of nitrogens with zero attached hydrogens (tertiary/aromatic N) is 1. The third-order valence-electron chi connectivity index (χ3n) is 5.69. The molecule has 8 heteroatoms. The SMILES string of the molecule is CC1CC1C(=O)Nc1ccc(C(=O)NCCS(=O)(=O)N2CCc3ccccc32)cc1. The lowest BCUT2D eigenvalue weighted by Gasteiger charge is -2.19. The second-order valence-corrected chi connectivity index (χ2v) is 9.92. The average molecular weight is 428 g/mol. The standard InChI is InChI=1S/C22H25N3O4S/c1-15-14-19(15)22(27)24-18-8-6-17(7-9-18)21(26)23-11-13-30(28,29)25-12-10-16-4-2-3-5-20(16)25/h2-9,15,19H,10-14H2,1H3,(H,23,26)(H,24,27). The molecule has 2 aromatic carbocycles. The molecule has 2 N–H and O–H groups in total. The quantitative estimate of drug-likeness (QED) is 0.709. The van der Waals surface area contributed by atoms with E-state index in [4.69, 9.17) is 0 Å². The molecule has 1 saturated carbocycles. The molecular formula is C22H25N3O4S. The van der Waals surface area contributed by atoms with E-state index in [9.17, 15) is 18.0 Å². The van der Waals surface area contributed by atoms with Gasteiger partial charge >= 0.3 is 0 Å². The van der Waals surface area contributed by atoms with E-state index in [0.29, 0.717) is 30.1 Å². The van der Waals surface area contributed by atoms with E-state index < -0.39 is 10.0 Å². The summed E-state index contributed by atoms with van der Waals surface area (Å²) in [6.45, 7) is 2.50. The van der Waals surface area contributed by atoms with Crippen LogP contribution in [0.3, 0.4) is 0 Å². The molecule has 1 heterocycles. The van der Waals surface area contributed by atoms with Gasteiger partial charge in [-0.15, -0.1) is 0 Å². The van der Waals surface area contributed by atoms with Gasteiger partial charge in [0.25, 0.3) is 5.91 Å². The summed E-state index contributed by atoms with van der Waals surface area (Å²) in [5.41, 5.74) is 2.80. The summed E-state index contributed by atoms with van der Waals surface area (Å²) in [4.78, 5) is 24.3. The first-order valence-electron chi connectivity index (χ1n) is 10.1. The van der Waals surface area contributed by atoms with Gasteiger partial charge in [0.05, 0.1) is 11.4 Å². The molecule has 1 aliphatic carbocycles. The number of para-hydroxylation sites is 1. The highest BCUT2D eigenvalue weighted by atomic mass is 32.2. The van der Waals surface area contributed by atoms with Gasteiger partial charge in [0.1, 0.15) is 0 Å². The van der Waals surface area contributed by atoms with Crippen LogP contribution in [0.25, 0.3) is 0 Å². The maximum Gasteiger partial charge on any atom is 0.251 e. The van der Waals surface area contributed by atoms with Crippen LogP contribution in [0.4, 0.5) is 11.4 Å². The van der Waals surface area contributed by atoms with Gasteiger partial charge in [-0.3, -0.25) is 13.9 Å². The Hall–Kier alpha value is -2.87. The Morgan fingerprint density at radius 2 is 1.80 bits per heavy atom. The lowest BCUT2D eigenvalue weighted by atomic mass is 10.2. The zero-order valence-corrected chi connectivity index (χ0v) is 17.6. The highest BCUT2D eigenvalue weighted by Crippen LogP contribution is 2.38. The highest BCUT2D eigenvalue weighted by Gasteiger charge is 2.39. The number of anilines is 2. The highest BCUT2D eigenvalue weighted by molar-refractivity contribution is 7.92. The molecule has 2 atom stereocenters. The monoisotopic (exact) mass is 427 g/mol. The molecule has 1 aliphatic heterocycles. The number of carbonyl (C=O) groups excluding carboxylic acids is 2. The Balaban J connectivity index is 1.29. The van der Waals surface area contributed by atoms with Gasteiger partial charge < -0.3 is 10.6 Å². The topological polar surface area (TPSA) is 95.6 Å². The summed E-state index contributed by atoms with van der Waals surface area (Å²) in [6, 6.07) is 14.1. The van der Waals surface area contributed by atoms with Gasteiger partial charge in [0.15, 0.2) is 0 Å². The van der Waals surface area contributed by atoms with Crippen molar-refractivity contribution in [1.82, 2.24) is 5.32 Å². The molecule has 30 heavy (non-hydrogen) atoms. The third kappa shape index (κ3) is 4.33. The van der Waals surface area contributed by atoms with Crippen molar-refractivity contribution in [1.29, 1.82) is 0 Å². The van der Waals surface area contributed by atoms with Crippen LogP contribution in [0.1, 0.15) is 29.3 Å². The predicted octanol–water partition coefficient (Wildman–Crippen LogP) is 2.40. The maximum atomic E-state index is 12.7. The summed E-state index contributed by atoms with van der Waals surface area (Å²) >= 11 is 0. The van der Waals surface area contributed by atoms with E-state index in [-0.39, 0.29) is 30.0 Å². The van der Waals surface area contributed by atoms with E-state index in [1.54, 1.807) is 24.3 Å². The van der Waals surface area contributed by atoms with Crippen molar-refractivity contribution in [2.75, 3.05) is 28.5 Å². The Kier molecular flexibility index (Phi) is 5.51. The summed E-state index contributed by atoms with van der Waals surface area (Å²) < 4.78 is 26.8. The Bertz CT molecular complexity index is 1070. The Morgan fingerprint density at radius 1 is 1.10 bits per heavy atom. The fourth-order valence-electron chi connectivity index (χ4n) is 3.73. The van der Waals surface area contributed by atoms with Crippen LogP contribution in [0, 0.1) is 11.8 Å². The molecule has 0 aromatic heterocycles. The van der Waals surface area contributed by atoms with E-state index in [0.717, 1.165) is 17.7 Å². The second kappa shape index (κ2) is 8.10. The van der Waals surface area contributed by atoms with Crippen LogP contribution in [0.5, 0.6) is 0 Å². The molecule has 4 rings (SSSR count). The van der Waals surface area contributed by atoms with Crippen molar-refractivity contribution in [3.63, 3.8) is 0 Å². The molecular weight excluding hydrogens is 402 g/mol. The van der Waals surface area contributed by atoms with Gasteiger partial charge in [-0.1, -0.05) is 25.1 Å². The summed E-state index contributed by atoms with van der Waals surface area (Å²) in [7, 11) is -3.51. The van der Waals surface area contributed by atoms with Crippen molar-refractivity contribution < 1.29 is 18.0 Å². The lowest BCUT2D eigenvalue weighted by molar-refractivity contribution is -0.117. The molecule has 2 aliphatic rings. The van der Waals surface area contributed by atoms with Gasteiger partial charge in [0, 0.05) is 30.3 Å². The molecule has 1 fully saturated rings. The van der Waals surface area contributed by atoms with Crippen LogP contribution >= 0.6 is 0 Å². The molecule has 2 aromatic rings. The number of rotatable bonds is 7. The van der Waals surface area contributed by atoms with E-state index in [2.05, 4.69) is 10.6 Å². The van der Waals surface area contributed by atoms with Crippen LogP contribution in [0.15, 0.2) is 48.5 Å². The van der Waals surface area contributed by atoms with Crippen molar-refractivity contribution in [3.8, 4) is 0 Å². The first-order chi connectivity index (χ1) is 14.3. The minimum atomic E-state index is -3.51. The number of benzene rings is 2.